The second-order valence-corrected chi connectivity index (χ2v) is 3.94. The first-order chi connectivity index (χ1) is 9.18. The highest BCUT2D eigenvalue weighted by Gasteiger charge is 2.36. The number of rotatable bonds is 4. The Morgan fingerprint density at radius 3 is 2.40 bits per heavy atom. The molecular formula is C12H11F4NO3. The van der Waals surface area contributed by atoms with Crippen molar-refractivity contribution in [2.24, 2.45) is 0 Å². The fourth-order valence-corrected chi connectivity index (χ4v) is 1.50. The van der Waals surface area contributed by atoms with Gasteiger partial charge >= 0.3 is 12.1 Å². The van der Waals surface area contributed by atoms with Crippen molar-refractivity contribution in [1.82, 2.24) is 5.32 Å². The van der Waals surface area contributed by atoms with E-state index in [1.54, 1.807) is 0 Å². The molecule has 0 unspecified atom stereocenters. The van der Waals surface area contributed by atoms with E-state index in [0.29, 0.717) is 6.07 Å². The Bertz CT molecular complexity index is 528. The quantitative estimate of drug-likeness (QED) is 0.838. The molecule has 0 spiro atoms. The molecule has 1 aromatic rings. The minimum absolute atomic E-state index is 0.0155. The number of alkyl halides is 3. The molecule has 0 fully saturated rings. The summed E-state index contributed by atoms with van der Waals surface area (Å²) in [5, 5.41) is 10.7. The van der Waals surface area contributed by atoms with E-state index in [4.69, 9.17) is 5.11 Å². The van der Waals surface area contributed by atoms with Crippen LogP contribution in [0.2, 0.25) is 0 Å². The summed E-state index contributed by atoms with van der Waals surface area (Å²) < 4.78 is 51.1. The van der Waals surface area contributed by atoms with E-state index in [0.717, 1.165) is 12.1 Å². The fourth-order valence-electron chi connectivity index (χ4n) is 1.50. The molecule has 1 aromatic carbocycles. The highest BCUT2D eigenvalue weighted by atomic mass is 19.4. The lowest BCUT2D eigenvalue weighted by molar-refractivity contribution is -0.140. The van der Waals surface area contributed by atoms with E-state index in [9.17, 15) is 27.2 Å². The summed E-state index contributed by atoms with van der Waals surface area (Å²) in [6, 6.07) is 0.939. The van der Waals surface area contributed by atoms with Crippen LogP contribution in [0.5, 0.6) is 0 Å². The van der Waals surface area contributed by atoms with Crippen LogP contribution in [0.25, 0.3) is 0 Å². The van der Waals surface area contributed by atoms with Crippen molar-refractivity contribution < 1.29 is 32.3 Å². The average molecular weight is 293 g/mol. The predicted molar refractivity (Wildman–Crippen MR) is 60.6 cm³/mol. The van der Waals surface area contributed by atoms with Gasteiger partial charge in [-0.1, -0.05) is 13.0 Å². The van der Waals surface area contributed by atoms with Crippen molar-refractivity contribution in [1.29, 1.82) is 0 Å². The van der Waals surface area contributed by atoms with Gasteiger partial charge in [0.1, 0.15) is 11.9 Å². The molecule has 1 rings (SSSR count). The van der Waals surface area contributed by atoms with Crippen molar-refractivity contribution in [2.75, 3.05) is 0 Å². The second kappa shape index (κ2) is 5.89. The molecule has 110 valence electrons. The smallest absolute Gasteiger partial charge is 0.419 e. The number of nitrogens with one attached hydrogen (secondary N) is 1. The maximum Gasteiger partial charge on any atom is 0.419 e. The number of carbonyl (C=O) groups excluding carboxylic acids is 1. The van der Waals surface area contributed by atoms with E-state index in [1.807, 2.05) is 5.32 Å². The van der Waals surface area contributed by atoms with Gasteiger partial charge in [-0.15, -0.1) is 0 Å². The van der Waals surface area contributed by atoms with Gasteiger partial charge in [-0.25, -0.2) is 9.18 Å². The Labute approximate surface area is 111 Å². The first-order valence-corrected chi connectivity index (χ1v) is 5.57. The number of benzene rings is 1. The summed E-state index contributed by atoms with van der Waals surface area (Å²) in [7, 11) is 0. The molecule has 0 radical (unpaired) electrons. The zero-order chi connectivity index (χ0) is 15.5. The molecule has 8 heteroatoms. The number of halogens is 4. The first-order valence-electron chi connectivity index (χ1n) is 5.57. The van der Waals surface area contributed by atoms with Gasteiger partial charge in [0.25, 0.3) is 5.91 Å². The molecule has 0 aliphatic rings. The lowest BCUT2D eigenvalue weighted by Crippen LogP contribution is -2.40. The van der Waals surface area contributed by atoms with Gasteiger partial charge in [-0.05, 0) is 18.6 Å². The van der Waals surface area contributed by atoms with Crippen molar-refractivity contribution in [3.63, 3.8) is 0 Å². The summed E-state index contributed by atoms with van der Waals surface area (Å²) in [6.45, 7) is 1.46. The summed E-state index contributed by atoms with van der Waals surface area (Å²) in [6.07, 6.45) is -4.92. The number of amides is 1. The fraction of sp³-hybridized carbons (Fsp3) is 0.333. The molecular weight excluding hydrogens is 282 g/mol. The van der Waals surface area contributed by atoms with Crippen LogP contribution in [0.3, 0.4) is 0 Å². The van der Waals surface area contributed by atoms with Crippen LogP contribution < -0.4 is 5.32 Å². The van der Waals surface area contributed by atoms with Crippen molar-refractivity contribution >= 4 is 11.9 Å². The van der Waals surface area contributed by atoms with Gasteiger partial charge in [-0.2, -0.15) is 13.2 Å². The van der Waals surface area contributed by atoms with Crippen LogP contribution in [-0.4, -0.2) is 23.0 Å². The number of aliphatic carboxylic acids is 1. The van der Waals surface area contributed by atoms with E-state index in [1.165, 1.54) is 6.92 Å². The maximum absolute atomic E-state index is 13.6. The predicted octanol–water partition coefficient (Wildman–Crippen LogP) is 2.44. The lowest BCUT2D eigenvalue weighted by atomic mass is 10.1. The minimum atomic E-state index is -4.93. The monoisotopic (exact) mass is 293 g/mol. The molecule has 0 bridgehead atoms. The maximum atomic E-state index is 13.6. The summed E-state index contributed by atoms with van der Waals surface area (Å²) in [5.74, 6) is -4.28. The Kier molecular flexibility index (Phi) is 4.69. The van der Waals surface area contributed by atoms with Crippen LogP contribution in [0, 0.1) is 5.82 Å². The van der Waals surface area contributed by atoms with Crippen LogP contribution in [0.4, 0.5) is 17.6 Å². The number of carbonyl (C=O) groups is 2. The number of hydrogen-bond acceptors (Lipinski definition) is 2. The number of hydrogen-bond donors (Lipinski definition) is 2. The third-order valence-corrected chi connectivity index (χ3v) is 2.56. The molecule has 0 heterocycles. The summed E-state index contributed by atoms with van der Waals surface area (Å²) in [5.41, 5.74) is -2.42. The van der Waals surface area contributed by atoms with Crippen molar-refractivity contribution in [3.8, 4) is 0 Å². The third-order valence-electron chi connectivity index (χ3n) is 2.56. The van der Waals surface area contributed by atoms with Gasteiger partial charge < -0.3 is 10.4 Å². The van der Waals surface area contributed by atoms with E-state index < -0.39 is 41.0 Å². The van der Waals surface area contributed by atoms with Crippen LogP contribution >= 0.6 is 0 Å². The molecule has 1 amide bonds. The lowest BCUT2D eigenvalue weighted by Gasteiger charge is -2.14. The standard InChI is InChI=1S/C12H11F4NO3/c1-2-8(11(19)20)17-10(18)6-4-3-5-7(9(6)13)12(14,15)16/h3-5,8H,2H2,1H3,(H,17,18)(H,19,20)/t8-/m0/s1. The molecule has 1 atom stereocenters. The van der Waals surface area contributed by atoms with Gasteiger partial charge in [0, 0.05) is 0 Å². The third kappa shape index (κ3) is 3.46. The second-order valence-electron chi connectivity index (χ2n) is 3.94. The molecule has 0 aliphatic heterocycles. The summed E-state index contributed by atoms with van der Waals surface area (Å²) >= 11 is 0. The largest absolute Gasteiger partial charge is 0.480 e. The van der Waals surface area contributed by atoms with Crippen LogP contribution in [0.1, 0.15) is 29.3 Å². The zero-order valence-corrected chi connectivity index (χ0v) is 10.3. The number of carboxylic acid groups (broad SMARTS) is 1. The van der Waals surface area contributed by atoms with Gasteiger partial charge in [0.15, 0.2) is 0 Å². The molecule has 20 heavy (non-hydrogen) atoms. The van der Waals surface area contributed by atoms with E-state index >= 15 is 0 Å². The Balaban J connectivity index is 3.09. The topological polar surface area (TPSA) is 66.4 Å². The molecule has 0 aliphatic carbocycles. The number of carboxylic acids is 1. The molecule has 0 saturated heterocycles. The Hall–Kier alpha value is -2.12. The van der Waals surface area contributed by atoms with Gasteiger partial charge in [0.2, 0.25) is 0 Å². The van der Waals surface area contributed by atoms with Crippen LogP contribution in [-0.2, 0) is 11.0 Å². The normalized spacial score (nSPS) is 12.8. The van der Waals surface area contributed by atoms with E-state index in [2.05, 4.69) is 0 Å². The van der Waals surface area contributed by atoms with Gasteiger partial charge in [0.05, 0.1) is 11.1 Å². The first kappa shape index (κ1) is 15.9. The zero-order valence-electron chi connectivity index (χ0n) is 10.3. The van der Waals surface area contributed by atoms with Crippen molar-refractivity contribution in [2.45, 2.75) is 25.6 Å². The summed E-state index contributed by atoms with van der Waals surface area (Å²) in [4.78, 5) is 22.4. The molecule has 2 N–H and O–H groups in total. The minimum Gasteiger partial charge on any atom is -0.480 e. The Morgan fingerprint density at radius 2 is 1.95 bits per heavy atom. The van der Waals surface area contributed by atoms with Crippen LogP contribution in [0.15, 0.2) is 18.2 Å². The average Bonchev–Trinajstić information content (AvgIpc) is 2.34. The molecule has 0 saturated carbocycles. The van der Waals surface area contributed by atoms with Gasteiger partial charge in [-0.3, -0.25) is 4.79 Å². The van der Waals surface area contributed by atoms with E-state index in [-0.39, 0.29) is 6.42 Å². The SMILES string of the molecule is CC[C@H](NC(=O)c1cccc(C(F)(F)F)c1F)C(=O)O. The molecule has 4 nitrogen and oxygen atoms in total. The Morgan fingerprint density at radius 1 is 1.35 bits per heavy atom. The highest BCUT2D eigenvalue weighted by molar-refractivity contribution is 5.97. The molecule has 0 aromatic heterocycles. The highest BCUT2D eigenvalue weighted by Crippen LogP contribution is 2.32. The van der Waals surface area contributed by atoms with Crippen molar-refractivity contribution in [3.05, 3.63) is 35.1 Å².